The first-order valence-corrected chi connectivity index (χ1v) is 14.9. The summed E-state index contributed by atoms with van der Waals surface area (Å²) in [5.41, 5.74) is 8.57. The van der Waals surface area contributed by atoms with E-state index < -0.39 is 0 Å². The standard InChI is InChI=1S/C42H27N/c1-2-14-33(15-3-1)43-40-20-9-8-18-36(40)39-26-30(23-24-41(39)43)29-12-10-13-31(25-29)38-27-32-22-21-28-11-4-5-16-34(28)42(32)37-19-7-6-17-35(37)38/h1-27H. The molecule has 8 aromatic carbocycles. The lowest BCUT2D eigenvalue weighted by atomic mass is 9.90. The highest BCUT2D eigenvalue weighted by molar-refractivity contribution is 6.23. The SMILES string of the molecule is c1ccc(-n2c3ccccc3c3cc(-c4cccc(-c5cc6ccc7ccccc7c6c6ccccc56)c4)ccc32)cc1. The lowest BCUT2D eigenvalue weighted by molar-refractivity contribution is 1.18. The Hall–Kier alpha value is -5.66. The number of benzene rings is 8. The second-order valence-corrected chi connectivity index (χ2v) is 11.4. The molecule has 0 aliphatic rings. The topological polar surface area (TPSA) is 4.93 Å². The van der Waals surface area contributed by atoms with Gasteiger partial charge in [0.15, 0.2) is 0 Å². The van der Waals surface area contributed by atoms with Crippen LogP contribution in [0.5, 0.6) is 0 Å². The van der Waals surface area contributed by atoms with E-state index in [1.807, 2.05) is 0 Å². The molecule has 1 nitrogen and oxygen atoms in total. The van der Waals surface area contributed by atoms with Gasteiger partial charge in [-0.3, -0.25) is 0 Å². The van der Waals surface area contributed by atoms with Gasteiger partial charge in [-0.2, -0.15) is 0 Å². The Balaban J connectivity index is 1.24. The Morgan fingerprint density at radius 3 is 1.86 bits per heavy atom. The maximum atomic E-state index is 2.37. The lowest BCUT2D eigenvalue weighted by Crippen LogP contribution is -1.92. The smallest absolute Gasteiger partial charge is 0.0541 e. The van der Waals surface area contributed by atoms with Crippen molar-refractivity contribution in [2.45, 2.75) is 0 Å². The summed E-state index contributed by atoms with van der Waals surface area (Å²) < 4.78 is 2.37. The van der Waals surface area contributed by atoms with Gasteiger partial charge in [-0.25, -0.2) is 0 Å². The van der Waals surface area contributed by atoms with E-state index in [0.717, 1.165) is 0 Å². The molecule has 0 aliphatic carbocycles. The van der Waals surface area contributed by atoms with E-state index in [0.29, 0.717) is 0 Å². The molecule has 0 unspecified atom stereocenters. The van der Waals surface area contributed by atoms with Gasteiger partial charge in [-0.1, -0.05) is 121 Å². The number of hydrogen-bond acceptors (Lipinski definition) is 0. The highest BCUT2D eigenvalue weighted by Crippen LogP contribution is 2.40. The monoisotopic (exact) mass is 545 g/mol. The number of hydrogen-bond donors (Lipinski definition) is 0. The number of aromatic nitrogens is 1. The number of fused-ring (bicyclic) bond motifs is 8. The molecule has 0 N–H and O–H groups in total. The first-order chi connectivity index (χ1) is 21.3. The summed E-state index contributed by atoms with van der Waals surface area (Å²) in [6.45, 7) is 0. The summed E-state index contributed by atoms with van der Waals surface area (Å²) in [5, 5.41) is 10.3. The summed E-state index contributed by atoms with van der Waals surface area (Å²) in [4.78, 5) is 0. The largest absolute Gasteiger partial charge is 0.309 e. The maximum Gasteiger partial charge on any atom is 0.0541 e. The molecule has 0 saturated carbocycles. The molecule has 0 amide bonds. The molecule has 0 atom stereocenters. The van der Waals surface area contributed by atoms with Gasteiger partial charge in [0, 0.05) is 16.5 Å². The van der Waals surface area contributed by atoms with Crippen molar-refractivity contribution in [3.05, 3.63) is 164 Å². The van der Waals surface area contributed by atoms with Crippen LogP contribution in [-0.4, -0.2) is 4.57 Å². The summed E-state index contributed by atoms with van der Waals surface area (Å²) in [5.74, 6) is 0. The van der Waals surface area contributed by atoms with Gasteiger partial charge < -0.3 is 4.57 Å². The average molecular weight is 546 g/mol. The fraction of sp³-hybridized carbons (Fsp3) is 0. The zero-order valence-electron chi connectivity index (χ0n) is 23.5. The molecule has 43 heavy (non-hydrogen) atoms. The van der Waals surface area contributed by atoms with Crippen molar-refractivity contribution in [1.29, 1.82) is 0 Å². The Labute approximate surface area is 249 Å². The van der Waals surface area contributed by atoms with Crippen molar-refractivity contribution >= 4 is 54.1 Å². The minimum atomic E-state index is 1.18. The highest BCUT2D eigenvalue weighted by Gasteiger charge is 2.15. The predicted molar refractivity (Wildman–Crippen MR) is 184 cm³/mol. The summed E-state index contributed by atoms with van der Waals surface area (Å²) in [7, 11) is 0. The van der Waals surface area contributed by atoms with Crippen LogP contribution in [0.4, 0.5) is 0 Å². The number of para-hydroxylation sites is 2. The Kier molecular flexibility index (Phi) is 5.27. The van der Waals surface area contributed by atoms with Crippen LogP contribution in [-0.2, 0) is 0 Å². The van der Waals surface area contributed by atoms with Crippen LogP contribution in [0.15, 0.2) is 164 Å². The van der Waals surface area contributed by atoms with Gasteiger partial charge in [0.1, 0.15) is 0 Å². The number of rotatable bonds is 3. The molecule has 0 fully saturated rings. The molecule has 9 rings (SSSR count). The molecule has 9 aromatic rings. The Morgan fingerprint density at radius 1 is 0.326 bits per heavy atom. The van der Waals surface area contributed by atoms with Crippen molar-refractivity contribution < 1.29 is 0 Å². The zero-order chi connectivity index (χ0) is 28.3. The third-order valence-corrected chi connectivity index (χ3v) is 8.94. The number of nitrogens with zero attached hydrogens (tertiary/aromatic N) is 1. The zero-order valence-corrected chi connectivity index (χ0v) is 23.5. The van der Waals surface area contributed by atoms with Gasteiger partial charge >= 0.3 is 0 Å². The Bertz CT molecular complexity index is 2500. The van der Waals surface area contributed by atoms with E-state index in [1.165, 1.54) is 82.1 Å². The highest BCUT2D eigenvalue weighted by atomic mass is 15.0. The minimum absolute atomic E-state index is 1.18. The lowest BCUT2D eigenvalue weighted by Gasteiger charge is -2.14. The molecule has 0 spiro atoms. The Morgan fingerprint density at radius 2 is 0.977 bits per heavy atom. The van der Waals surface area contributed by atoms with Gasteiger partial charge in [-0.15, -0.1) is 0 Å². The molecule has 0 bridgehead atoms. The molecule has 1 heterocycles. The van der Waals surface area contributed by atoms with Crippen molar-refractivity contribution in [1.82, 2.24) is 4.57 Å². The summed E-state index contributed by atoms with van der Waals surface area (Å²) in [6.07, 6.45) is 0. The van der Waals surface area contributed by atoms with Gasteiger partial charge in [0.05, 0.1) is 11.0 Å². The fourth-order valence-corrected chi connectivity index (χ4v) is 6.99. The summed E-state index contributed by atoms with van der Waals surface area (Å²) >= 11 is 0. The second-order valence-electron chi connectivity index (χ2n) is 11.4. The second kappa shape index (κ2) is 9.44. The van der Waals surface area contributed by atoms with Crippen LogP contribution in [0, 0.1) is 0 Å². The van der Waals surface area contributed by atoms with Crippen molar-refractivity contribution in [3.8, 4) is 27.9 Å². The van der Waals surface area contributed by atoms with Crippen LogP contribution >= 0.6 is 0 Å². The molecule has 0 saturated heterocycles. The van der Waals surface area contributed by atoms with E-state index in [1.54, 1.807) is 0 Å². The van der Waals surface area contributed by atoms with Crippen molar-refractivity contribution in [3.63, 3.8) is 0 Å². The van der Waals surface area contributed by atoms with Gasteiger partial charge in [0.2, 0.25) is 0 Å². The minimum Gasteiger partial charge on any atom is -0.309 e. The van der Waals surface area contributed by atoms with Crippen LogP contribution in [0.3, 0.4) is 0 Å². The van der Waals surface area contributed by atoms with Crippen LogP contribution in [0.2, 0.25) is 0 Å². The molecular formula is C42H27N. The van der Waals surface area contributed by atoms with Crippen LogP contribution in [0.25, 0.3) is 82.1 Å². The molecule has 1 heteroatoms. The molecule has 1 aromatic heterocycles. The quantitative estimate of drug-likeness (QED) is 0.195. The van der Waals surface area contributed by atoms with Gasteiger partial charge in [0.25, 0.3) is 0 Å². The van der Waals surface area contributed by atoms with E-state index in [4.69, 9.17) is 0 Å². The third-order valence-electron chi connectivity index (χ3n) is 8.94. The molecule has 200 valence electrons. The fourth-order valence-electron chi connectivity index (χ4n) is 6.99. The average Bonchev–Trinajstić information content (AvgIpc) is 3.42. The molecular weight excluding hydrogens is 518 g/mol. The van der Waals surface area contributed by atoms with Crippen molar-refractivity contribution in [2.75, 3.05) is 0 Å². The van der Waals surface area contributed by atoms with Crippen LogP contribution in [0.1, 0.15) is 0 Å². The first kappa shape index (κ1) is 24.0. The normalized spacial score (nSPS) is 11.7. The van der Waals surface area contributed by atoms with E-state index in [-0.39, 0.29) is 0 Å². The molecule has 0 radical (unpaired) electrons. The third kappa shape index (κ3) is 3.72. The predicted octanol–water partition coefficient (Wildman–Crippen LogP) is 11.6. The molecule has 0 aliphatic heterocycles. The van der Waals surface area contributed by atoms with Crippen molar-refractivity contribution in [2.24, 2.45) is 0 Å². The summed E-state index contributed by atoms with van der Waals surface area (Å²) in [6, 6.07) is 59.8. The first-order valence-electron chi connectivity index (χ1n) is 14.9. The maximum absolute atomic E-state index is 2.37. The van der Waals surface area contributed by atoms with E-state index >= 15 is 0 Å². The van der Waals surface area contributed by atoms with E-state index in [2.05, 4.69) is 168 Å². The van der Waals surface area contributed by atoms with E-state index in [9.17, 15) is 0 Å². The van der Waals surface area contributed by atoms with Gasteiger partial charge in [-0.05, 0) is 97.0 Å². The van der Waals surface area contributed by atoms with Crippen LogP contribution < -0.4 is 0 Å².